The smallest absolute Gasteiger partial charge is 0.421 e. The van der Waals surface area contributed by atoms with Crippen molar-refractivity contribution in [1.82, 2.24) is 0 Å². The third kappa shape index (κ3) is 2.90. The molecule has 1 aromatic rings. The molecule has 0 fully saturated rings. The molecule has 0 N–H and O–H groups in total. The van der Waals surface area contributed by atoms with Gasteiger partial charge >= 0.3 is 6.18 Å². The molecule has 1 nitrogen and oxygen atoms in total. The van der Waals surface area contributed by atoms with E-state index in [-0.39, 0.29) is 5.75 Å². The molecule has 0 unspecified atom stereocenters. The number of alkyl halides is 3. The zero-order valence-electron chi connectivity index (χ0n) is 7.65. The summed E-state index contributed by atoms with van der Waals surface area (Å²) < 4.78 is 41.9. The van der Waals surface area contributed by atoms with Crippen LogP contribution in [0.3, 0.4) is 0 Å². The molecule has 0 saturated carbocycles. The molecule has 1 radical (unpaired) electrons. The van der Waals surface area contributed by atoms with Crippen LogP contribution in [0.4, 0.5) is 13.2 Å². The van der Waals surface area contributed by atoms with Crippen LogP contribution in [0.2, 0.25) is 0 Å². The normalized spacial score (nSPS) is 11.7. The Morgan fingerprint density at radius 2 is 2.21 bits per heavy atom. The first-order chi connectivity index (χ1) is 6.55. The summed E-state index contributed by atoms with van der Waals surface area (Å²) in [5.41, 5.74) is -0.793. The van der Waals surface area contributed by atoms with Crippen molar-refractivity contribution in [3.63, 3.8) is 0 Å². The Morgan fingerprint density at radius 3 is 2.79 bits per heavy atom. The summed E-state index contributed by atoms with van der Waals surface area (Å²) >= 11 is 0.881. The molecule has 5 heteroatoms. The number of halogens is 3. The van der Waals surface area contributed by atoms with E-state index in [1.165, 1.54) is 5.38 Å². The predicted octanol–water partition coefficient (Wildman–Crippen LogP) is 3.75. The number of unbranched alkanes of at least 4 members (excludes halogenated alkanes) is 1. The van der Waals surface area contributed by atoms with Crippen LogP contribution < -0.4 is 4.74 Å². The van der Waals surface area contributed by atoms with Crippen LogP contribution in [-0.2, 0) is 6.18 Å². The fourth-order valence-corrected chi connectivity index (χ4v) is 1.57. The zero-order chi connectivity index (χ0) is 10.6. The molecule has 0 aliphatic rings. The number of ether oxygens (including phenoxy) is 1. The Kier molecular flexibility index (Phi) is 3.80. The van der Waals surface area contributed by atoms with Gasteiger partial charge in [0.25, 0.3) is 0 Å². The average molecular weight is 223 g/mol. The number of rotatable bonds is 4. The van der Waals surface area contributed by atoms with E-state index >= 15 is 0 Å². The minimum absolute atomic E-state index is 0.101. The summed E-state index contributed by atoms with van der Waals surface area (Å²) in [4.78, 5) is 0. The van der Waals surface area contributed by atoms with E-state index in [4.69, 9.17) is 4.74 Å². The minimum Gasteiger partial charge on any atom is -0.492 e. The van der Waals surface area contributed by atoms with Gasteiger partial charge in [0.2, 0.25) is 0 Å². The highest BCUT2D eigenvalue weighted by molar-refractivity contribution is 7.07. The Labute approximate surface area is 84.5 Å². The van der Waals surface area contributed by atoms with Gasteiger partial charge in [-0.05, 0) is 6.42 Å². The lowest BCUT2D eigenvalue weighted by molar-refractivity contribution is -0.138. The van der Waals surface area contributed by atoms with Gasteiger partial charge in [-0.15, -0.1) is 11.3 Å². The highest BCUT2D eigenvalue weighted by Gasteiger charge is 2.35. The maximum Gasteiger partial charge on any atom is 0.421 e. The highest BCUT2D eigenvalue weighted by Crippen LogP contribution is 2.38. The van der Waals surface area contributed by atoms with Crippen LogP contribution >= 0.6 is 11.3 Å². The van der Waals surface area contributed by atoms with Crippen LogP contribution in [0.15, 0.2) is 5.38 Å². The summed E-state index contributed by atoms with van der Waals surface area (Å²) in [5, 5.41) is 3.50. The largest absolute Gasteiger partial charge is 0.492 e. The van der Waals surface area contributed by atoms with E-state index in [0.29, 0.717) is 6.61 Å². The van der Waals surface area contributed by atoms with Crippen LogP contribution in [0.25, 0.3) is 0 Å². The Hall–Kier alpha value is -0.710. The van der Waals surface area contributed by atoms with E-state index in [2.05, 4.69) is 5.38 Å². The van der Waals surface area contributed by atoms with Gasteiger partial charge in [0, 0.05) is 5.38 Å². The van der Waals surface area contributed by atoms with E-state index in [0.717, 1.165) is 24.2 Å². The lowest BCUT2D eigenvalue weighted by atomic mass is 10.3. The molecule has 0 saturated heterocycles. The topological polar surface area (TPSA) is 9.23 Å². The van der Waals surface area contributed by atoms with Gasteiger partial charge in [-0.2, -0.15) is 13.2 Å². The zero-order valence-corrected chi connectivity index (χ0v) is 8.47. The molecule has 0 amide bonds. The van der Waals surface area contributed by atoms with Gasteiger partial charge in [0.05, 0.1) is 12.0 Å². The molecule has 1 rings (SSSR count). The maximum absolute atomic E-state index is 12.3. The lowest BCUT2D eigenvalue weighted by Gasteiger charge is -2.08. The summed E-state index contributed by atoms with van der Waals surface area (Å²) in [6, 6.07) is 0. The van der Waals surface area contributed by atoms with E-state index < -0.39 is 11.7 Å². The molecule has 0 aliphatic heterocycles. The molecule has 0 bridgehead atoms. The Morgan fingerprint density at radius 1 is 1.50 bits per heavy atom. The first-order valence-corrected chi connectivity index (χ1v) is 5.13. The molecule has 0 atom stereocenters. The van der Waals surface area contributed by atoms with Crippen molar-refractivity contribution in [1.29, 1.82) is 0 Å². The summed E-state index contributed by atoms with van der Waals surface area (Å²) in [6.07, 6.45) is -2.70. The first kappa shape index (κ1) is 11.4. The summed E-state index contributed by atoms with van der Waals surface area (Å²) in [5.74, 6) is -0.101. The number of hydrogen-bond acceptors (Lipinski definition) is 2. The minimum atomic E-state index is -4.36. The first-order valence-electron chi connectivity index (χ1n) is 4.25. The van der Waals surface area contributed by atoms with Crippen molar-refractivity contribution in [3.05, 3.63) is 16.3 Å². The van der Waals surface area contributed by atoms with Crippen LogP contribution in [-0.4, -0.2) is 6.61 Å². The predicted molar refractivity (Wildman–Crippen MR) is 48.6 cm³/mol. The van der Waals surface area contributed by atoms with Crippen LogP contribution in [0.1, 0.15) is 25.3 Å². The van der Waals surface area contributed by atoms with Crippen molar-refractivity contribution in [2.24, 2.45) is 0 Å². The van der Waals surface area contributed by atoms with Crippen molar-refractivity contribution < 1.29 is 17.9 Å². The van der Waals surface area contributed by atoms with Gasteiger partial charge in [0.1, 0.15) is 11.3 Å². The molecular weight excluding hydrogens is 213 g/mol. The van der Waals surface area contributed by atoms with Crippen molar-refractivity contribution in [2.45, 2.75) is 25.9 Å². The molecule has 79 valence electrons. The van der Waals surface area contributed by atoms with Crippen molar-refractivity contribution in [2.75, 3.05) is 6.61 Å². The van der Waals surface area contributed by atoms with E-state index in [9.17, 15) is 13.2 Å². The Balaban J connectivity index is 2.63. The Bertz CT molecular complexity index is 280. The van der Waals surface area contributed by atoms with Crippen LogP contribution in [0, 0.1) is 5.38 Å². The number of thiophene rings is 1. The highest BCUT2D eigenvalue weighted by atomic mass is 32.1. The van der Waals surface area contributed by atoms with Gasteiger partial charge in [-0.1, -0.05) is 13.3 Å². The van der Waals surface area contributed by atoms with Crippen LogP contribution in [0.5, 0.6) is 5.75 Å². The van der Waals surface area contributed by atoms with Gasteiger partial charge in [-0.3, -0.25) is 0 Å². The fourth-order valence-electron chi connectivity index (χ4n) is 0.881. The molecule has 1 heterocycles. The molecule has 14 heavy (non-hydrogen) atoms. The second-order valence-electron chi connectivity index (χ2n) is 2.78. The standard InChI is InChI=1S/C9H10F3OS/c1-2-3-4-13-8-6-14-5-7(8)9(10,11)12/h6H,2-4H2,1H3. The molecule has 0 aromatic carbocycles. The summed E-state index contributed by atoms with van der Waals surface area (Å²) in [7, 11) is 0. The lowest BCUT2D eigenvalue weighted by Crippen LogP contribution is -2.07. The SMILES string of the molecule is CCCCOc1cs[c]c1C(F)(F)F. The molecule has 1 aromatic heterocycles. The molecule has 0 aliphatic carbocycles. The maximum atomic E-state index is 12.3. The number of hydrogen-bond donors (Lipinski definition) is 0. The monoisotopic (exact) mass is 223 g/mol. The van der Waals surface area contributed by atoms with Gasteiger partial charge in [0.15, 0.2) is 0 Å². The second kappa shape index (κ2) is 4.68. The average Bonchev–Trinajstić information content (AvgIpc) is 2.52. The van der Waals surface area contributed by atoms with E-state index in [1.54, 1.807) is 0 Å². The fraction of sp³-hybridized carbons (Fsp3) is 0.556. The summed E-state index contributed by atoms with van der Waals surface area (Å²) in [6.45, 7) is 2.28. The quantitative estimate of drug-likeness (QED) is 0.706. The van der Waals surface area contributed by atoms with Crippen molar-refractivity contribution >= 4 is 11.3 Å². The molecular formula is C9H10F3OS. The van der Waals surface area contributed by atoms with Gasteiger partial charge < -0.3 is 4.74 Å². The molecule has 0 spiro atoms. The second-order valence-corrected chi connectivity index (χ2v) is 3.45. The van der Waals surface area contributed by atoms with Crippen molar-refractivity contribution in [3.8, 4) is 5.75 Å². The third-order valence-electron chi connectivity index (χ3n) is 1.61. The van der Waals surface area contributed by atoms with E-state index in [1.807, 2.05) is 6.92 Å². The van der Waals surface area contributed by atoms with Gasteiger partial charge in [-0.25, -0.2) is 0 Å². The third-order valence-corrected chi connectivity index (χ3v) is 2.27.